The van der Waals surface area contributed by atoms with Crippen LogP contribution in [0.5, 0.6) is 0 Å². The number of furan rings is 1. The first-order chi connectivity index (χ1) is 11.4. The van der Waals surface area contributed by atoms with E-state index in [0.717, 1.165) is 23.7 Å². The lowest BCUT2D eigenvalue weighted by molar-refractivity contribution is -0.120. The van der Waals surface area contributed by atoms with E-state index in [1.54, 1.807) is 18.0 Å². The summed E-state index contributed by atoms with van der Waals surface area (Å²) in [5, 5.41) is 2.98. The van der Waals surface area contributed by atoms with Gasteiger partial charge in [0.1, 0.15) is 5.76 Å². The molecule has 0 spiro atoms. The molecule has 1 amide bonds. The van der Waals surface area contributed by atoms with E-state index in [9.17, 15) is 4.79 Å². The molecule has 4 heteroatoms. The molecule has 0 aliphatic carbocycles. The van der Waals surface area contributed by atoms with Crippen LogP contribution >= 0.6 is 11.8 Å². The van der Waals surface area contributed by atoms with E-state index in [1.807, 2.05) is 12.1 Å². The third-order valence-corrected chi connectivity index (χ3v) is 4.84. The number of benzene rings is 1. The van der Waals surface area contributed by atoms with E-state index in [-0.39, 0.29) is 11.3 Å². The summed E-state index contributed by atoms with van der Waals surface area (Å²) >= 11 is 1.76. The average molecular weight is 346 g/mol. The Morgan fingerprint density at radius 3 is 2.54 bits per heavy atom. The van der Waals surface area contributed by atoms with Crippen LogP contribution in [0, 0.1) is 0 Å². The molecule has 0 radical (unpaired) electrons. The molecule has 130 valence electrons. The van der Waals surface area contributed by atoms with Gasteiger partial charge in [0, 0.05) is 18.7 Å². The van der Waals surface area contributed by atoms with Crippen molar-refractivity contribution >= 4 is 17.7 Å². The van der Waals surface area contributed by atoms with Gasteiger partial charge in [0.2, 0.25) is 5.91 Å². The summed E-state index contributed by atoms with van der Waals surface area (Å²) in [6, 6.07) is 12.5. The number of amides is 1. The Balaban J connectivity index is 1.60. The minimum absolute atomic E-state index is 0.119. The van der Waals surface area contributed by atoms with Crippen LogP contribution in [0.2, 0.25) is 0 Å². The molecule has 0 aliphatic rings. The molecule has 0 unspecified atom stereocenters. The number of hydrogen-bond donors (Lipinski definition) is 1. The predicted molar refractivity (Wildman–Crippen MR) is 101 cm³/mol. The van der Waals surface area contributed by atoms with Gasteiger partial charge in [0.05, 0.1) is 12.0 Å². The first kappa shape index (κ1) is 18.7. The van der Waals surface area contributed by atoms with E-state index < -0.39 is 0 Å². The molecule has 2 aromatic rings. The molecule has 1 aromatic heterocycles. The molecule has 0 saturated carbocycles. The van der Waals surface area contributed by atoms with Gasteiger partial charge >= 0.3 is 0 Å². The summed E-state index contributed by atoms with van der Waals surface area (Å²) in [5.74, 6) is 2.84. The number of carbonyl (C=O) groups excluding carboxylic acids is 1. The molecule has 3 nitrogen and oxygen atoms in total. The minimum Gasteiger partial charge on any atom is -0.468 e. The van der Waals surface area contributed by atoms with Crippen LogP contribution in [0.1, 0.15) is 44.1 Å². The SMILES string of the molecule is CC(C)(C)c1ccc(CCC(=O)NCCSCc2ccco2)cc1. The van der Waals surface area contributed by atoms with Crippen LogP contribution in [0.3, 0.4) is 0 Å². The molecule has 1 N–H and O–H groups in total. The average Bonchev–Trinajstić information content (AvgIpc) is 3.05. The summed E-state index contributed by atoms with van der Waals surface area (Å²) in [7, 11) is 0. The number of nitrogens with one attached hydrogen (secondary N) is 1. The fraction of sp³-hybridized carbons (Fsp3) is 0.450. The Kier molecular flexibility index (Phi) is 6.98. The van der Waals surface area contributed by atoms with Crippen molar-refractivity contribution in [2.45, 2.75) is 44.8 Å². The zero-order valence-corrected chi connectivity index (χ0v) is 15.6. The van der Waals surface area contributed by atoms with Gasteiger partial charge in [-0.15, -0.1) is 0 Å². The van der Waals surface area contributed by atoms with Gasteiger partial charge in [-0.05, 0) is 35.1 Å². The molecule has 0 fully saturated rings. The van der Waals surface area contributed by atoms with Crippen molar-refractivity contribution < 1.29 is 9.21 Å². The highest BCUT2D eigenvalue weighted by Gasteiger charge is 2.12. The van der Waals surface area contributed by atoms with Crippen molar-refractivity contribution in [2.24, 2.45) is 0 Å². The summed E-state index contributed by atoms with van der Waals surface area (Å²) < 4.78 is 5.27. The zero-order chi connectivity index (χ0) is 17.4. The smallest absolute Gasteiger partial charge is 0.220 e. The van der Waals surface area contributed by atoms with E-state index in [1.165, 1.54) is 11.1 Å². The topological polar surface area (TPSA) is 42.2 Å². The lowest BCUT2D eigenvalue weighted by Gasteiger charge is -2.19. The van der Waals surface area contributed by atoms with E-state index in [2.05, 4.69) is 50.4 Å². The van der Waals surface area contributed by atoms with Crippen molar-refractivity contribution in [1.29, 1.82) is 0 Å². The highest BCUT2D eigenvalue weighted by Crippen LogP contribution is 2.22. The molecule has 1 aromatic carbocycles. The quantitative estimate of drug-likeness (QED) is 0.713. The number of aryl methyl sites for hydroxylation is 1. The molecule has 24 heavy (non-hydrogen) atoms. The maximum Gasteiger partial charge on any atom is 0.220 e. The third-order valence-electron chi connectivity index (χ3n) is 3.85. The lowest BCUT2D eigenvalue weighted by Crippen LogP contribution is -2.25. The Morgan fingerprint density at radius 2 is 1.92 bits per heavy atom. The van der Waals surface area contributed by atoms with E-state index in [0.29, 0.717) is 13.0 Å². The standard InChI is InChI=1S/C20H27NO2S/c1-20(2,3)17-9-6-16(7-10-17)8-11-19(22)21-12-14-24-15-18-5-4-13-23-18/h4-7,9-10,13H,8,11-12,14-15H2,1-3H3,(H,21,22). The predicted octanol–water partition coefficient (Wildman–Crippen LogP) is 4.56. The fourth-order valence-corrected chi connectivity index (χ4v) is 3.10. The number of rotatable bonds is 8. The molecule has 1 heterocycles. The van der Waals surface area contributed by atoms with Crippen LogP contribution in [0.25, 0.3) is 0 Å². The van der Waals surface area contributed by atoms with Crippen molar-refractivity contribution in [3.63, 3.8) is 0 Å². The summed E-state index contributed by atoms with van der Waals surface area (Å²) in [5.41, 5.74) is 2.71. The van der Waals surface area contributed by atoms with Crippen LogP contribution in [-0.2, 0) is 22.4 Å². The van der Waals surface area contributed by atoms with Crippen molar-refractivity contribution in [3.8, 4) is 0 Å². The highest BCUT2D eigenvalue weighted by molar-refractivity contribution is 7.98. The molecule has 0 aliphatic heterocycles. The normalized spacial score (nSPS) is 11.5. The Labute approximate surface area is 149 Å². The second-order valence-electron chi connectivity index (χ2n) is 6.93. The Hall–Kier alpha value is -1.68. The van der Waals surface area contributed by atoms with Gasteiger partial charge in [0.25, 0.3) is 0 Å². The van der Waals surface area contributed by atoms with Gasteiger partial charge < -0.3 is 9.73 Å². The minimum atomic E-state index is 0.119. The summed E-state index contributed by atoms with van der Waals surface area (Å²) in [6.07, 6.45) is 3.01. The fourth-order valence-electron chi connectivity index (χ4n) is 2.35. The van der Waals surface area contributed by atoms with Crippen LogP contribution in [0.15, 0.2) is 47.1 Å². The maximum atomic E-state index is 11.9. The van der Waals surface area contributed by atoms with Crippen LogP contribution in [0.4, 0.5) is 0 Å². The molecular weight excluding hydrogens is 318 g/mol. The summed E-state index contributed by atoms with van der Waals surface area (Å²) in [6.45, 7) is 7.32. The van der Waals surface area contributed by atoms with Crippen LogP contribution in [-0.4, -0.2) is 18.2 Å². The number of carbonyl (C=O) groups is 1. The van der Waals surface area contributed by atoms with Crippen molar-refractivity contribution in [2.75, 3.05) is 12.3 Å². The number of hydrogen-bond acceptors (Lipinski definition) is 3. The highest BCUT2D eigenvalue weighted by atomic mass is 32.2. The van der Waals surface area contributed by atoms with Gasteiger partial charge in [-0.1, -0.05) is 45.0 Å². The molecule has 2 rings (SSSR count). The maximum absolute atomic E-state index is 11.9. The summed E-state index contributed by atoms with van der Waals surface area (Å²) in [4.78, 5) is 11.9. The van der Waals surface area contributed by atoms with E-state index in [4.69, 9.17) is 4.42 Å². The lowest BCUT2D eigenvalue weighted by atomic mass is 9.86. The van der Waals surface area contributed by atoms with Gasteiger partial charge in [-0.3, -0.25) is 4.79 Å². The number of thioether (sulfide) groups is 1. The second-order valence-corrected chi connectivity index (χ2v) is 8.03. The first-order valence-electron chi connectivity index (χ1n) is 8.41. The van der Waals surface area contributed by atoms with Gasteiger partial charge in [-0.2, -0.15) is 11.8 Å². The third kappa shape index (κ3) is 6.44. The molecule has 0 bridgehead atoms. The second kappa shape index (κ2) is 8.97. The van der Waals surface area contributed by atoms with Crippen LogP contribution < -0.4 is 5.32 Å². The van der Waals surface area contributed by atoms with Gasteiger partial charge in [0.15, 0.2) is 0 Å². The first-order valence-corrected chi connectivity index (χ1v) is 9.57. The largest absolute Gasteiger partial charge is 0.468 e. The molecule has 0 saturated heterocycles. The van der Waals surface area contributed by atoms with Gasteiger partial charge in [-0.25, -0.2) is 0 Å². The van der Waals surface area contributed by atoms with Crippen molar-refractivity contribution in [3.05, 3.63) is 59.5 Å². The molecule has 0 atom stereocenters. The molecular formula is C20H27NO2S. The monoisotopic (exact) mass is 345 g/mol. The zero-order valence-electron chi connectivity index (χ0n) is 14.8. The Bertz CT molecular complexity index is 612. The van der Waals surface area contributed by atoms with Crippen molar-refractivity contribution in [1.82, 2.24) is 5.32 Å². The Morgan fingerprint density at radius 1 is 1.17 bits per heavy atom. The van der Waals surface area contributed by atoms with E-state index >= 15 is 0 Å².